The fourth-order valence-electron chi connectivity index (χ4n) is 2.73. The van der Waals surface area contributed by atoms with Crippen LogP contribution in [0, 0.1) is 12.8 Å². The second kappa shape index (κ2) is 8.29. The van der Waals surface area contributed by atoms with Gasteiger partial charge in [0.15, 0.2) is 10.2 Å². The van der Waals surface area contributed by atoms with Gasteiger partial charge in [-0.3, -0.25) is 10.9 Å². The fourth-order valence-corrected chi connectivity index (χ4v) is 3.11. The summed E-state index contributed by atoms with van der Waals surface area (Å²) in [6, 6.07) is 8.50. The number of hydrogen-bond donors (Lipinski definition) is 4. The van der Waals surface area contributed by atoms with E-state index in [4.69, 9.17) is 24.4 Å². The van der Waals surface area contributed by atoms with Gasteiger partial charge in [-0.2, -0.15) is 0 Å². The molecule has 1 aromatic rings. The summed E-state index contributed by atoms with van der Waals surface area (Å²) in [4.78, 5) is 0. The molecule has 120 valence electrons. The molecule has 2 rings (SSSR count). The zero-order chi connectivity index (χ0) is 15.9. The summed E-state index contributed by atoms with van der Waals surface area (Å²) in [6.07, 6.45) is 5.03. The monoisotopic (exact) mass is 336 g/mol. The first kappa shape index (κ1) is 17.0. The summed E-state index contributed by atoms with van der Waals surface area (Å²) in [5.41, 5.74) is 8.02. The number of hydrogen-bond acceptors (Lipinski definition) is 2. The first-order valence-corrected chi connectivity index (χ1v) is 8.56. The molecular formula is C16H24N4S2. The van der Waals surface area contributed by atoms with Crippen LogP contribution in [-0.4, -0.2) is 16.3 Å². The molecule has 22 heavy (non-hydrogen) atoms. The zero-order valence-corrected chi connectivity index (χ0v) is 14.7. The standard InChI is InChI=1S/C16H24N4S2/c1-11-6-5-8-13(10-11)17-15(21)19-20-16(22)18-14-9-4-3-7-12(14)2/h5-6,8,10,12,14H,3-4,7,9H2,1-2H3,(H2,17,19,21)(H2,18,20,22)/t12-,14+/m0/s1. The summed E-state index contributed by atoms with van der Waals surface area (Å²) in [5, 5.41) is 7.57. The third-order valence-corrected chi connectivity index (χ3v) is 4.42. The average molecular weight is 337 g/mol. The molecule has 0 bridgehead atoms. The molecule has 1 saturated carbocycles. The molecule has 0 aliphatic heterocycles. The topological polar surface area (TPSA) is 48.1 Å². The molecule has 4 N–H and O–H groups in total. The van der Waals surface area contributed by atoms with Crippen molar-refractivity contribution in [2.24, 2.45) is 5.92 Å². The Hall–Kier alpha value is -1.40. The molecule has 1 aliphatic carbocycles. The highest BCUT2D eigenvalue weighted by Gasteiger charge is 2.21. The first-order valence-electron chi connectivity index (χ1n) is 7.75. The van der Waals surface area contributed by atoms with Gasteiger partial charge in [0, 0.05) is 11.7 Å². The molecule has 0 saturated heterocycles. The molecule has 1 aromatic carbocycles. The van der Waals surface area contributed by atoms with Crippen LogP contribution in [0.4, 0.5) is 5.69 Å². The number of rotatable bonds is 2. The summed E-state index contributed by atoms with van der Waals surface area (Å²) in [7, 11) is 0. The van der Waals surface area contributed by atoms with Gasteiger partial charge in [-0.05, 0) is 67.8 Å². The van der Waals surface area contributed by atoms with E-state index in [1.807, 2.05) is 31.2 Å². The molecule has 2 atom stereocenters. The van der Waals surface area contributed by atoms with E-state index in [0.29, 0.717) is 22.2 Å². The minimum Gasteiger partial charge on any atom is -0.358 e. The van der Waals surface area contributed by atoms with Gasteiger partial charge >= 0.3 is 0 Å². The minimum atomic E-state index is 0.453. The normalized spacial score (nSPS) is 20.8. The van der Waals surface area contributed by atoms with Gasteiger partial charge < -0.3 is 10.6 Å². The van der Waals surface area contributed by atoms with Gasteiger partial charge in [-0.15, -0.1) is 0 Å². The quantitative estimate of drug-likeness (QED) is 0.491. The van der Waals surface area contributed by atoms with Crippen molar-refractivity contribution in [3.05, 3.63) is 29.8 Å². The van der Waals surface area contributed by atoms with Crippen molar-refractivity contribution in [2.75, 3.05) is 5.32 Å². The molecule has 0 aromatic heterocycles. The maximum Gasteiger partial charge on any atom is 0.189 e. The molecule has 1 aliphatic rings. The lowest BCUT2D eigenvalue weighted by atomic mass is 9.86. The Morgan fingerprint density at radius 3 is 2.55 bits per heavy atom. The van der Waals surface area contributed by atoms with Crippen LogP contribution in [-0.2, 0) is 0 Å². The first-order chi connectivity index (χ1) is 10.5. The van der Waals surface area contributed by atoms with E-state index >= 15 is 0 Å². The molecule has 1 fully saturated rings. The number of nitrogens with one attached hydrogen (secondary N) is 4. The van der Waals surface area contributed by atoms with Gasteiger partial charge in [0.1, 0.15) is 0 Å². The lowest BCUT2D eigenvalue weighted by molar-refractivity contribution is 0.308. The van der Waals surface area contributed by atoms with Crippen LogP contribution in [0.1, 0.15) is 38.2 Å². The summed E-state index contributed by atoms with van der Waals surface area (Å²) in [6.45, 7) is 4.32. The zero-order valence-electron chi connectivity index (χ0n) is 13.1. The molecule has 0 heterocycles. The summed E-state index contributed by atoms with van der Waals surface area (Å²) >= 11 is 10.6. The predicted molar refractivity (Wildman–Crippen MR) is 101 cm³/mol. The maximum absolute atomic E-state index is 5.32. The van der Waals surface area contributed by atoms with E-state index in [9.17, 15) is 0 Å². The van der Waals surface area contributed by atoms with Crippen LogP contribution < -0.4 is 21.5 Å². The van der Waals surface area contributed by atoms with Gasteiger partial charge in [-0.25, -0.2) is 0 Å². The second-order valence-corrected chi connectivity index (χ2v) is 6.73. The van der Waals surface area contributed by atoms with Crippen LogP contribution in [0.5, 0.6) is 0 Å². The molecular weight excluding hydrogens is 312 g/mol. The lowest BCUT2D eigenvalue weighted by Crippen LogP contribution is -2.52. The van der Waals surface area contributed by atoms with Crippen LogP contribution in [0.2, 0.25) is 0 Å². The number of benzene rings is 1. The highest BCUT2D eigenvalue weighted by atomic mass is 32.1. The summed E-state index contributed by atoms with van der Waals surface area (Å²) < 4.78 is 0. The van der Waals surface area contributed by atoms with Gasteiger partial charge in [0.25, 0.3) is 0 Å². The van der Waals surface area contributed by atoms with Crippen molar-refractivity contribution in [1.82, 2.24) is 16.2 Å². The molecule has 0 amide bonds. The maximum atomic E-state index is 5.32. The SMILES string of the molecule is Cc1cccc(NC(=S)NNC(=S)N[C@@H]2CCCC[C@@H]2C)c1. The van der Waals surface area contributed by atoms with Crippen LogP contribution in [0.25, 0.3) is 0 Å². The highest BCUT2D eigenvalue weighted by molar-refractivity contribution is 7.80. The van der Waals surface area contributed by atoms with Gasteiger partial charge in [0.05, 0.1) is 0 Å². The van der Waals surface area contributed by atoms with E-state index in [1.54, 1.807) is 0 Å². The Kier molecular flexibility index (Phi) is 6.39. The predicted octanol–water partition coefficient (Wildman–Crippen LogP) is 3.24. The third kappa shape index (κ3) is 5.42. The van der Waals surface area contributed by atoms with E-state index in [-0.39, 0.29) is 0 Å². The Bertz CT molecular complexity index is 533. The number of hydrazine groups is 1. The highest BCUT2D eigenvalue weighted by Crippen LogP contribution is 2.23. The van der Waals surface area contributed by atoms with Gasteiger partial charge in [-0.1, -0.05) is 31.9 Å². The molecule has 0 spiro atoms. The minimum absolute atomic E-state index is 0.453. The van der Waals surface area contributed by atoms with E-state index in [0.717, 1.165) is 5.69 Å². The van der Waals surface area contributed by atoms with Crippen molar-refractivity contribution < 1.29 is 0 Å². The van der Waals surface area contributed by atoms with Crippen LogP contribution in [0.3, 0.4) is 0 Å². The number of anilines is 1. The Labute approximate surface area is 143 Å². The number of thiocarbonyl (C=S) groups is 2. The van der Waals surface area contributed by atoms with Crippen LogP contribution >= 0.6 is 24.4 Å². The van der Waals surface area contributed by atoms with Crippen molar-refractivity contribution in [2.45, 2.75) is 45.6 Å². The lowest BCUT2D eigenvalue weighted by Gasteiger charge is -2.30. The van der Waals surface area contributed by atoms with Crippen molar-refractivity contribution in [3.63, 3.8) is 0 Å². The van der Waals surface area contributed by atoms with E-state index < -0.39 is 0 Å². The molecule has 0 radical (unpaired) electrons. The third-order valence-electron chi connectivity index (χ3n) is 3.99. The smallest absolute Gasteiger partial charge is 0.189 e. The van der Waals surface area contributed by atoms with E-state index in [1.165, 1.54) is 31.2 Å². The Morgan fingerprint density at radius 2 is 1.82 bits per heavy atom. The van der Waals surface area contributed by atoms with Crippen molar-refractivity contribution in [3.8, 4) is 0 Å². The van der Waals surface area contributed by atoms with Crippen molar-refractivity contribution >= 4 is 40.3 Å². The Morgan fingerprint density at radius 1 is 1.09 bits per heavy atom. The molecule has 4 nitrogen and oxygen atoms in total. The number of aryl methyl sites for hydroxylation is 1. The molecule has 0 unspecified atom stereocenters. The van der Waals surface area contributed by atoms with Gasteiger partial charge in [0.2, 0.25) is 0 Å². The van der Waals surface area contributed by atoms with Crippen LogP contribution in [0.15, 0.2) is 24.3 Å². The Balaban J connectivity index is 1.72. The van der Waals surface area contributed by atoms with E-state index in [2.05, 4.69) is 28.4 Å². The molecule has 6 heteroatoms. The summed E-state index contributed by atoms with van der Waals surface area (Å²) in [5.74, 6) is 0.658. The largest absolute Gasteiger partial charge is 0.358 e. The second-order valence-electron chi connectivity index (χ2n) is 5.92. The van der Waals surface area contributed by atoms with Crippen molar-refractivity contribution in [1.29, 1.82) is 0 Å². The average Bonchev–Trinajstić information content (AvgIpc) is 2.48. The fraction of sp³-hybridized carbons (Fsp3) is 0.500.